The number of amides is 1. The second-order valence-corrected chi connectivity index (χ2v) is 10.1. The molecular weight excluding hydrogens is 434 g/mol. The van der Waals surface area contributed by atoms with Crippen LogP contribution < -0.4 is 4.72 Å². The number of aryl methyl sites for hydroxylation is 1. The number of rotatable bonds is 6. The molecule has 3 aromatic carbocycles. The van der Waals surface area contributed by atoms with Crippen molar-refractivity contribution in [2.45, 2.75) is 24.8 Å². The van der Waals surface area contributed by atoms with Crippen LogP contribution in [0, 0.1) is 6.92 Å². The fourth-order valence-electron chi connectivity index (χ4n) is 3.96. The van der Waals surface area contributed by atoms with Gasteiger partial charge in [0.25, 0.3) is 15.9 Å². The third kappa shape index (κ3) is 6.00. The number of nitrogens with one attached hydrogen (secondary N) is 1. The van der Waals surface area contributed by atoms with Crippen LogP contribution in [0.1, 0.15) is 27.9 Å². The standard InChI is InChI=1S/C26H29N3O3S/c1-21-8-10-22(11-9-21)20-28-16-5-17-29(19-18-28)26(30)23-12-14-24(15-13-23)27-33(31,32)25-6-3-2-4-7-25/h2-4,6-15,27H,5,16-20H2,1H3. The van der Waals surface area contributed by atoms with Crippen molar-refractivity contribution in [3.8, 4) is 0 Å². The van der Waals surface area contributed by atoms with E-state index in [9.17, 15) is 13.2 Å². The molecule has 1 saturated heterocycles. The van der Waals surface area contributed by atoms with Crippen molar-refractivity contribution in [1.29, 1.82) is 0 Å². The van der Waals surface area contributed by atoms with Crippen LogP contribution in [-0.4, -0.2) is 50.3 Å². The highest BCUT2D eigenvalue weighted by molar-refractivity contribution is 7.92. The number of hydrogen-bond acceptors (Lipinski definition) is 4. The maximum absolute atomic E-state index is 13.0. The lowest BCUT2D eigenvalue weighted by Crippen LogP contribution is -2.35. The molecule has 0 aliphatic carbocycles. The smallest absolute Gasteiger partial charge is 0.261 e. The van der Waals surface area contributed by atoms with E-state index in [2.05, 4.69) is 40.8 Å². The molecule has 33 heavy (non-hydrogen) atoms. The van der Waals surface area contributed by atoms with E-state index in [1.807, 2.05) is 4.90 Å². The maximum atomic E-state index is 13.0. The Hall–Kier alpha value is -3.16. The van der Waals surface area contributed by atoms with Gasteiger partial charge >= 0.3 is 0 Å². The summed E-state index contributed by atoms with van der Waals surface area (Å²) in [4.78, 5) is 17.5. The molecule has 1 amide bonds. The Morgan fingerprint density at radius 1 is 0.848 bits per heavy atom. The second kappa shape index (κ2) is 10.2. The van der Waals surface area contributed by atoms with Gasteiger partial charge < -0.3 is 4.90 Å². The van der Waals surface area contributed by atoms with E-state index in [1.54, 1.807) is 54.6 Å². The van der Waals surface area contributed by atoms with Gasteiger partial charge in [-0.15, -0.1) is 0 Å². The van der Waals surface area contributed by atoms with Gasteiger partial charge in [0, 0.05) is 44.0 Å². The number of carbonyl (C=O) groups excluding carboxylic acids is 1. The van der Waals surface area contributed by atoms with E-state index in [0.29, 0.717) is 24.3 Å². The SMILES string of the molecule is Cc1ccc(CN2CCCN(C(=O)c3ccc(NS(=O)(=O)c4ccccc4)cc3)CC2)cc1. The molecule has 4 rings (SSSR count). The fraction of sp³-hybridized carbons (Fsp3) is 0.269. The van der Waals surface area contributed by atoms with Gasteiger partial charge in [0.05, 0.1) is 4.90 Å². The summed E-state index contributed by atoms with van der Waals surface area (Å²) in [6.07, 6.45) is 0.923. The Morgan fingerprint density at radius 3 is 2.24 bits per heavy atom. The Kier molecular flexibility index (Phi) is 7.11. The van der Waals surface area contributed by atoms with Crippen molar-refractivity contribution >= 4 is 21.6 Å². The first-order chi connectivity index (χ1) is 15.9. The molecule has 0 saturated carbocycles. The molecule has 172 valence electrons. The lowest BCUT2D eigenvalue weighted by atomic mass is 10.1. The number of hydrogen-bond donors (Lipinski definition) is 1. The Balaban J connectivity index is 1.35. The van der Waals surface area contributed by atoms with Crippen LogP contribution in [-0.2, 0) is 16.6 Å². The number of nitrogens with zero attached hydrogens (tertiary/aromatic N) is 2. The highest BCUT2D eigenvalue weighted by Gasteiger charge is 2.21. The van der Waals surface area contributed by atoms with Gasteiger partial charge in [-0.2, -0.15) is 0 Å². The van der Waals surface area contributed by atoms with Gasteiger partial charge in [0.15, 0.2) is 0 Å². The van der Waals surface area contributed by atoms with Crippen molar-refractivity contribution in [3.05, 3.63) is 95.6 Å². The van der Waals surface area contributed by atoms with E-state index in [4.69, 9.17) is 0 Å². The normalized spacial score (nSPS) is 15.1. The maximum Gasteiger partial charge on any atom is 0.261 e. The molecule has 1 aliphatic heterocycles. The topological polar surface area (TPSA) is 69.7 Å². The lowest BCUT2D eigenvalue weighted by molar-refractivity contribution is 0.0761. The summed E-state index contributed by atoms with van der Waals surface area (Å²) in [7, 11) is -3.66. The van der Waals surface area contributed by atoms with Crippen molar-refractivity contribution in [2.75, 3.05) is 30.9 Å². The third-order valence-electron chi connectivity index (χ3n) is 5.84. The fourth-order valence-corrected chi connectivity index (χ4v) is 5.04. The molecule has 1 fully saturated rings. The number of anilines is 1. The lowest BCUT2D eigenvalue weighted by Gasteiger charge is -2.22. The van der Waals surface area contributed by atoms with Crippen molar-refractivity contribution < 1.29 is 13.2 Å². The Labute approximate surface area is 195 Å². The summed E-state index contributed by atoms with van der Waals surface area (Å²) in [6.45, 7) is 6.15. The predicted molar refractivity (Wildman–Crippen MR) is 131 cm³/mol. The van der Waals surface area contributed by atoms with Gasteiger partial charge in [0.2, 0.25) is 0 Å². The van der Waals surface area contributed by atoms with Gasteiger partial charge in [-0.3, -0.25) is 14.4 Å². The first kappa shape index (κ1) is 23.0. The quantitative estimate of drug-likeness (QED) is 0.596. The zero-order valence-electron chi connectivity index (χ0n) is 18.8. The minimum atomic E-state index is -3.66. The van der Waals surface area contributed by atoms with E-state index >= 15 is 0 Å². The number of carbonyl (C=O) groups is 1. The summed E-state index contributed by atoms with van der Waals surface area (Å²) >= 11 is 0. The zero-order valence-corrected chi connectivity index (χ0v) is 19.6. The third-order valence-corrected chi connectivity index (χ3v) is 7.24. The van der Waals surface area contributed by atoms with Gasteiger partial charge in [-0.25, -0.2) is 8.42 Å². The number of sulfonamides is 1. The summed E-state index contributed by atoms with van der Waals surface area (Å²) < 4.78 is 27.5. The van der Waals surface area contributed by atoms with Crippen LogP contribution in [0.4, 0.5) is 5.69 Å². The molecule has 1 heterocycles. The van der Waals surface area contributed by atoms with Crippen molar-refractivity contribution in [2.24, 2.45) is 0 Å². The van der Waals surface area contributed by atoms with Gasteiger partial charge in [-0.05, 0) is 55.3 Å². The Morgan fingerprint density at radius 2 is 1.55 bits per heavy atom. The minimum absolute atomic E-state index is 0.0235. The molecule has 1 aliphatic rings. The first-order valence-electron chi connectivity index (χ1n) is 11.2. The molecule has 6 nitrogen and oxygen atoms in total. The summed E-state index contributed by atoms with van der Waals surface area (Å²) in [5.74, 6) is -0.0235. The molecule has 3 aromatic rings. The first-order valence-corrected chi connectivity index (χ1v) is 12.6. The van der Waals surface area contributed by atoms with Crippen LogP contribution in [0.2, 0.25) is 0 Å². The second-order valence-electron chi connectivity index (χ2n) is 8.40. The monoisotopic (exact) mass is 463 g/mol. The molecule has 7 heteroatoms. The molecule has 1 N–H and O–H groups in total. The van der Waals surface area contributed by atoms with Crippen LogP contribution in [0.15, 0.2) is 83.8 Å². The molecular formula is C26H29N3O3S. The summed E-state index contributed by atoms with van der Waals surface area (Å²) in [5.41, 5.74) is 3.53. The molecule has 0 atom stereocenters. The predicted octanol–water partition coefficient (Wildman–Crippen LogP) is 4.14. The van der Waals surface area contributed by atoms with Crippen LogP contribution in [0.25, 0.3) is 0 Å². The van der Waals surface area contributed by atoms with E-state index in [1.165, 1.54) is 11.1 Å². The highest BCUT2D eigenvalue weighted by Crippen LogP contribution is 2.18. The molecule has 0 unspecified atom stereocenters. The Bertz CT molecular complexity index is 1180. The molecule has 0 aromatic heterocycles. The largest absolute Gasteiger partial charge is 0.337 e. The minimum Gasteiger partial charge on any atom is -0.337 e. The average molecular weight is 464 g/mol. The number of benzene rings is 3. The summed E-state index contributed by atoms with van der Waals surface area (Å²) in [5, 5.41) is 0. The van der Waals surface area contributed by atoms with Crippen molar-refractivity contribution in [3.63, 3.8) is 0 Å². The van der Waals surface area contributed by atoms with Crippen molar-refractivity contribution in [1.82, 2.24) is 9.80 Å². The molecule has 0 spiro atoms. The van der Waals surface area contributed by atoms with Crippen LogP contribution in [0.3, 0.4) is 0 Å². The van der Waals surface area contributed by atoms with Gasteiger partial charge in [-0.1, -0.05) is 48.0 Å². The van der Waals surface area contributed by atoms with E-state index in [-0.39, 0.29) is 10.8 Å². The van der Waals surface area contributed by atoms with E-state index < -0.39 is 10.0 Å². The van der Waals surface area contributed by atoms with Crippen LogP contribution >= 0.6 is 0 Å². The van der Waals surface area contributed by atoms with Gasteiger partial charge in [0.1, 0.15) is 0 Å². The highest BCUT2D eigenvalue weighted by atomic mass is 32.2. The van der Waals surface area contributed by atoms with E-state index in [0.717, 1.165) is 26.1 Å². The molecule has 0 radical (unpaired) electrons. The zero-order chi connectivity index (χ0) is 23.3. The summed E-state index contributed by atoms with van der Waals surface area (Å²) in [6, 6.07) is 23.4. The molecule has 0 bridgehead atoms. The van der Waals surface area contributed by atoms with Crippen LogP contribution in [0.5, 0.6) is 0 Å². The average Bonchev–Trinajstić information content (AvgIpc) is 3.06.